The van der Waals surface area contributed by atoms with Crippen molar-refractivity contribution in [2.24, 2.45) is 0 Å². The molecule has 1 N–H and O–H groups in total. The second-order valence-corrected chi connectivity index (χ2v) is 6.54. The normalized spacial score (nSPS) is 11.5. The Labute approximate surface area is 169 Å². The Hall–Kier alpha value is -2.23. The number of methoxy groups -OCH3 is 2. The second-order valence-electron chi connectivity index (χ2n) is 5.79. The molecule has 1 heterocycles. The predicted molar refractivity (Wildman–Crippen MR) is 103 cm³/mol. The van der Waals surface area contributed by atoms with Crippen LogP contribution >= 0.6 is 15.9 Å². The van der Waals surface area contributed by atoms with Crippen molar-refractivity contribution < 1.29 is 27.4 Å². The van der Waals surface area contributed by atoms with Crippen molar-refractivity contribution in [1.82, 2.24) is 9.97 Å². The number of hydrogen-bond acceptors (Lipinski definition) is 6. The summed E-state index contributed by atoms with van der Waals surface area (Å²) in [7, 11) is 2.78. The van der Waals surface area contributed by atoms with E-state index in [1.165, 1.54) is 26.4 Å². The van der Waals surface area contributed by atoms with E-state index >= 15 is 0 Å². The second kappa shape index (κ2) is 9.31. The highest BCUT2D eigenvalue weighted by atomic mass is 79.9. The topological polar surface area (TPSA) is 65.5 Å². The van der Waals surface area contributed by atoms with Crippen LogP contribution < -0.4 is 19.5 Å². The first-order valence-corrected chi connectivity index (χ1v) is 9.33. The van der Waals surface area contributed by atoms with Crippen LogP contribution in [0, 0.1) is 0 Å². The van der Waals surface area contributed by atoms with Crippen molar-refractivity contribution in [2.75, 3.05) is 19.5 Å². The molecule has 0 atom stereocenters. The minimum absolute atomic E-state index is 0.141. The molecule has 0 aliphatic rings. The Morgan fingerprint density at radius 3 is 2.32 bits per heavy atom. The Balaban J connectivity index is 2.47. The Bertz CT molecular complexity index is 815. The fourth-order valence-electron chi connectivity index (χ4n) is 2.56. The quantitative estimate of drug-likeness (QED) is 0.563. The van der Waals surface area contributed by atoms with Crippen LogP contribution in [-0.4, -0.2) is 36.6 Å². The predicted octanol–water partition coefficient (Wildman–Crippen LogP) is 5.42. The minimum atomic E-state index is -4.80. The molecule has 28 heavy (non-hydrogen) atoms. The van der Waals surface area contributed by atoms with Crippen molar-refractivity contribution in [2.45, 2.75) is 39.1 Å². The van der Waals surface area contributed by atoms with Gasteiger partial charge in [0.05, 0.1) is 14.2 Å². The molecule has 0 saturated carbocycles. The molecule has 0 aliphatic heterocycles. The highest BCUT2D eigenvalue weighted by molar-refractivity contribution is 9.10. The van der Waals surface area contributed by atoms with Gasteiger partial charge in [-0.05, 0) is 40.9 Å². The molecule has 0 spiro atoms. The summed E-state index contributed by atoms with van der Waals surface area (Å²) in [6.45, 7) is 4.12. The van der Waals surface area contributed by atoms with Gasteiger partial charge in [-0.1, -0.05) is 13.8 Å². The summed E-state index contributed by atoms with van der Waals surface area (Å²) in [5.41, 5.74) is 0.732. The number of aromatic nitrogens is 2. The van der Waals surface area contributed by atoms with Crippen LogP contribution in [0.5, 0.6) is 17.4 Å². The van der Waals surface area contributed by atoms with Gasteiger partial charge < -0.3 is 19.5 Å². The van der Waals surface area contributed by atoms with Gasteiger partial charge in [-0.15, -0.1) is 13.2 Å². The van der Waals surface area contributed by atoms with E-state index in [0.29, 0.717) is 21.7 Å². The number of halogens is 4. The molecule has 0 unspecified atom stereocenters. The van der Waals surface area contributed by atoms with Crippen molar-refractivity contribution in [1.29, 1.82) is 0 Å². The summed E-state index contributed by atoms with van der Waals surface area (Å²) in [5.74, 6) is 0.470. The molecule has 1 aromatic heterocycles. The zero-order chi connectivity index (χ0) is 20.9. The fraction of sp³-hybridized carbons (Fsp3) is 0.444. The van der Waals surface area contributed by atoms with E-state index < -0.39 is 12.1 Å². The summed E-state index contributed by atoms with van der Waals surface area (Å²) < 4.78 is 52.3. The molecular weight excluding hydrogens is 443 g/mol. The first-order chi connectivity index (χ1) is 13.2. The Kier molecular flexibility index (Phi) is 7.34. The van der Waals surface area contributed by atoms with E-state index in [-0.39, 0.29) is 17.7 Å². The van der Waals surface area contributed by atoms with Crippen LogP contribution in [0.2, 0.25) is 0 Å². The molecule has 6 nitrogen and oxygen atoms in total. The maximum absolute atomic E-state index is 12.5. The van der Waals surface area contributed by atoms with E-state index in [9.17, 15) is 13.2 Å². The van der Waals surface area contributed by atoms with Gasteiger partial charge in [0, 0.05) is 17.7 Å². The summed E-state index contributed by atoms with van der Waals surface area (Å²) >= 11 is 3.39. The number of anilines is 1. The van der Waals surface area contributed by atoms with Crippen molar-refractivity contribution in [3.63, 3.8) is 0 Å². The molecule has 0 bridgehead atoms. The number of alkyl halides is 3. The van der Waals surface area contributed by atoms with Crippen LogP contribution in [0.4, 0.5) is 19.0 Å². The molecule has 10 heteroatoms. The van der Waals surface area contributed by atoms with Crippen LogP contribution in [0.3, 0.4) is 0 Å². The van der Waals surface area contributed by atoms with Gasteiger partial charge in [-0.25, -0.2) is 4.98 Å². The molecule has 0 radical (unpaired) electrons. The third kappa shape index (κ3) is 5.40. The summed E-state index contributed by atoms with van der Waals surface area (Å²) in [6.07, 6.45) is -2.98. The number of nitrogens with zero attached hydrogens (tertiary/aromatic N) is 2. The van der Waals surface area contributed by atoms with Gasteiger partial charge in [0.15, 0.2) is 5.82 Å². The molecule has 154 valence electrons. The number of rotatable bonds is 8. The smallest absolute Gasteiger partial charge is 0.496 e. The van der Waals surface area contributed by atoms with Gasteiger partial charge in [0.2, 0.25) is 5.88 Å². The standard InChI is InChI=1S/C18H21BrF3N3O3/c1-5-10(6-2)23-16-15(19)24-14(17(25-16)27-4)12-8-7-11(9-13(12)26-3)28-18(20,21)22/h7-10H,5-6H2,1-4H3,(H,23,25). The van der Waals surface area contributed by atoms with Crippen LogP contribution in [-0.2, 0) is 0 Å². The lowest BCUT2D eigenvalue weighted by molar-refractivity contribution is -0.274. The lowest BCUT2D eigenvalue weighted by Gasteiger charge is -2.18. The van der Waals surface area contributed by atoms with Gasteiger partial charge in [0.25, 0.3) is 0 Å². The van der Waals surface area contributed by atoms with Crippen LogP contribution in [0.1, 0.15) is 26.7 Å². The van der Waals surface area contributed by atoms with Gasteiger partial charge >= 0.3 is 6.36 Å². The molecule has 2 rings (SSSR count). The highest BCUT2D eigenvalue weighted by Gasteiger charge is 2.31. The van der Waals surface area contributed by atoms with Crippen LogP contribution in [0.15, 0.2) is 22.8 Å². The third-order valence-corrected chi connectivity index (χ3v) is 4.56. The Morgan fingerprint density at radius 1 is 1.11 bits per heavy atom. The van der Waals surface area contributed by atoms with Gasteiger partial charge in [-0.2, -0.15) is 4.98 Å². The maximum atomic E-state index is 12.5. The summed E-state index contributed by atoms with van der Waals surface area (Å²) in [4.78, 5) is 8.92. The van der Waals surface area contributed by atoms with E-state index in [2.05, 4.69) is 49.8 Å². The number of ether oxygens (including phenoxy) is 3. The average Bonchev–Trinajstić information content (AvgIpc) is 2.65. The van der Waals surface area contributed by atoms with Crippen LogP contribution in [0.25, 0.3) is 11.3 Å². The molecule has 0 amide bonds. The van der Waals surface area contributed by atoms with Gasteiger partial charge in [-0.3, -0.25) is 0 Å². The minimum Gasteiger partial charge on any atom is -0.496 e. The first-order valence-electron chi connectivity index (χ1n) is 8.54. The molecule has 0 fully saturated rings. The van der Waals surface area contributed by atoms with E-state index in [1.54, 1.807) is 0 Å². The number of hydrogen-bond donors (Lipinski definition) is 1. The highest BCUT2D eigenvalue weighted by Crippen LogP contribution is 2.39. The van der Waals surface area contributed by atoms with Crippen molar-refractivity contribution in [3.05, 3.63) is 22.8 Å². The molecular formula is C18H21BrF3N3O3. The van der Waals surface area contributed by atoms with E-state index in [1.807, 2.05) is 0 Å². The molecule has 2 aromatic rings. The monoisotopic (exact) mass is 463 g/mol. The van der Waals surface area contributed by atoms with E-state index in [0.717, 1.165) is 18.9 Å². The molecule has 1 aromatic carbocycles. The molecule has 0 aliphatic carbocycles. The lowest BCUT2D eigenvalue weighted by Crippen LogP contribution is -2.19. The maximum Gasteiger partial charge on any atom is 0.573 e. The summed E-state index contributed by atoms with van der Waals surface area (Å²) in [6, 6.07) is 3.94. The largest absolute Gasteiger partial charge is 0.573 e. The van der Waals surface area contributed by atoms with Crippen molar-refractivity contribution >= 4 is 21.7 Å². The number of benzene rings is 1. The molecule has 0 saturated heterocycles. The zero-order valence-electron chi connectivity index (χ0n) is 15.9. The SMILES string of the molecule is CCC(CC)Nc1nc(OC)c(-c2ccc(OC(F)(F)F)cc2OC)nc1Br. The third-order valence-electron chi connectivity index (χ3n) is 4.00. The first kappa shape index (κ1) is 22.1. The van der Waals surface area contributed by atoms with Gasteiger partial charge in [0.1, 0.15) is 21.8 Å². The number of nitrogens with one attached hydrogen (secondary N) is 1. The fourth-order valence-corrected chi connectivity index (χ4v) is 2.94. The van der Waals surface area contributed by atoms with E-state index in [4.69, 9.17) is 9.47 Å². The Morgan fingerprint density at radius 2 is 1.79 bits per heavy atom. The average molecular weight is 464 g/mol. The summed E-state index contributed by atoms with van der Waals surface area (Å²) in [5, 5.41) is 3.29. The zero-order valence-corrected chi connectivity index (χ0v) is 17.4. The van der Waals surface area contributed by atoms with Crippen molar-refractivity contribution in [3.8, 4) is 28.6 Å². The lowest BCUT2D eigenvalue weighted by atomic mass is 10.1.